The number of aliphatic hydroxyl groups is 1. The first kappa shape index (κ1) is 26.0. The van der Waals surface area contributed by atoms with Crippen molar-refractivity contribution in [1.29, 1.82) is 0 Å². The second-order valence-electron chi connectivity index (χ2n) is 9.27. The van der Waals surface area contributed by atoms with E-state index >= 15 is 0 Å². The number of anilines is 1. The molecule has 1 aliphatic rings. The molecule has 0 saturated carbocycles. The smallest absolute Gasteiger partial charge is 0.295 e. The summed E-state index contributed by atoms with van der Waals surface area (Å²) < 4.78 is 11.1. The van der Waals surface area contributed by atoms with Gasteiger partial charge in [-0.15, -0.1) is 0 Å². The van der Waals surface area contributed by atoms with Crippen LogP contribution in [0.4, 0.5) is 5.69 Å². The van der Waals surface area contributed by atoms with E-state index in [9.17, 15) is 14.7 Å². The SMILES string of the molecule is COCCN1C(=O)C(=O)/C(=C(/O)c2ccc(OCc3cccc(C)c3)cc2)[C@@H]1c1ccc(N(C)C)cc1. The van der Waals surface area contributed by atoms with Crippen LogP contribution < -0.4 is 9.64 Å². The fourth-order valence-corrected chi connectivity index (χ4v) is 4.43. The van der Waals surface area contributed by atoms with E-state index in [2.05, 4.69) is 6.07 Å². The van der Waals surface area contributed by atoms with E-state index < -0.39 is 17.7 Å². The van der Waals surface area contributed by atoms with Gasteiger partial charge in [0.2, 0.25) is 0 Å². The molecular weight excluding hydrogens is 468 g/mol. The number of carbonyl (C=O) groups is 2. The molecule has 3 aromatic carbocycles. The summed E-state index contributed by atoms with van der Waals surface area (Å²) in [5.41, 5.74) is 4.44. The number of aryl methyl sites for hydroxylation is 1. The van der Waals surface area contributed by atoms with E-state index in [0.29, 0.717) is 17.9 Å². The van der Waals surface area contributed by atoms with Gasteiger partial charge in [-0.3, -0.25) is 9.59 Å². The van der Waals surface area contributed by atoms with Crippen LogP contribution >= 0.6 is 0 Å². The van der Waals surface area contributed by atoms with Crippen molar-refractivity contribution in [2.75, 3.05) is 39.3 Å². The van der Waals surface area contributed by atoms with Gasteiger partial charge in [-0.05, 0) is 54.4 Å². The highest BCUT2D eigenvalue weighted by molar-refractivity contribution is 6.46. The zero-order valence-corrected chi connectivity index (χ0v) is 21.6. The first-order valence-electron chi connectivity index (χ1n) is 12.1. The number of likely N-dealkylation sites (tertiary alicyclic amines) is 1. The standard InChI is InChI=1S/C30H32N2O5/c1-20-6-5-7-21(18-20)19-37-25-14-10-23(11-15-25)28(33)26-27(22-8-12-24(13-9-22)31(2)3)32(16-17-36-4)30(35)29(26)34/h5-15,18,27,33H,16-17,19H2,1-4H3/b28-26+/t27-/m0/s1. The van der Waals surface area contributed by atoms with Crippen molar-refractivity contribution in [3.63, 3.8) is 0 Å². The Morgan fingerprint density at radius 2 is 1.70 bits per heavy atom. The molecule has 0 aliphatic carbocycles. The number of amides is 1. The third-order valence-electron chi connectivity index (χ3n) is 6.42. The Kier molecular flexibility index (Phi) is 7.94. The Labute approximate surface area is 217 Å². The number of hydrogen-bond donors (Lipinski definition) is 1. The topological polar surface area (TPSA) is 79.3 Å². The molecule has 4 rings (SSSR count). The molecule has 7 nitrogen and oxygen atoms in total. The first-order chi connectivity index (χ1) is 17.8. The summed E-state index contributed by atoms with van der Waals surface area (Å²) in [5.74, 6) is -0.951. The lowest BCUT2D eigenvalue weighted by Crippen LogP contribution is -2.32. The number of ketones is 1. The molecule has 192 valence electrons. The molecule has 0 spiro atoms. The number of carbonyl (C=O) groups excluding carboxylic acids is 2. The summed E-state index contributed by atoms with van der Waals surface area (Å²) in [6.45, 7) is 2.94. The van der Waals surface area contributed by atoms with E-state index in [1.54, 1.807) is 31.4 Å². The van der Waals surface area contributed by atoms with Crippen LogP contribution in [0.1, 0.15) is 28.3 Å². The van der Waals surface area contributed by atoms with Gasteiger partial charge in [0.1, 0.15) is 18.1 Å². The molecule has 1 saturated heterocycles. The summed E-state index contributed by atoms with van der Waals surface area (Å²) in [6, 6.07) is 21.8. The molecule has 1 aliphatic heterocycles. The number of aliphatic hydroxyl groups excluding tert-OH is 1. The Hall–Kier alpha value is -4.10. The van der Waals surface area contributed by atoms with Crippen LogP contribution in [0, 0.1) is 6.92 Å². The summed E-state index contributed by atoms with van der Waals surface area (Å²) in [7, 11) is 5.42. The summed E-state index contributed by atoms with van der Waals surface area (Å²) >= 11 is 0. The van der Waals surface area contributed by atoms with Gasteiger partial charge in [-0.1, -0.05) is 42.0 Å². The number of nitrogens with zero attached hydrogens (tertiary/aromatic N) is 2. The van der Waals surface area contributed by atoms with Crippen molar-refractivity contribution < 1.29 is 24.2 Å². The Morgan fingerprint density at radius 1 is 1.00 bits per heavy atom. The summed E-state index contributed by atoms with van der Waals surface area (Å²) in [5, 5.41) is 11.3. The zero-order valence-electron chi connectivity index (χ0n) is 21.6. The van der Waals surface area contributed by atoms with E-state index in [-0.39, 0.29) is 24.5 Å². The zero-order chi connectivity index (χ0) is 26.5. The molecule has 0 radical (unpaired) electrons. The normalized spacial score (nSPS) is 16.8. The number of Topliss-reactive ketones (excluding diaryl/α,β-unsaturated/α-hetero) is 1. The van der Waals surface area contributed by atoms with Gasteiger partial charge >= 0.3 is 0 Å². The molecule has 7 heteroatoms. The van der Waals surface area contributed by atoms with Gasteiger partial charge in [0.15, 0.2) is 0 Å². The second-order valence-corrected chi connectivity index (χ2v) is 9.27. The van der Waals surface area contributed by atoms with E-state index in [4.69, 9.17) is 9.47 Å². The van der Waals surface area contributed by atoms with Crippen LogP contribution in [0.5, 0.6) is 5.75 Å². The first-order valence-corrected chi connectivity index (χ1v) is 12.1. The minimum absolute atomic E-state index is 0.0622. The second kappa shape index (κ2) is 11.3. The fraction of sp³-hybridized carbons (Fsp3) is 0.267. The predicted molar refractivity (Wildman–Crippen MR) is 144 cm³/mol. The van der Waals surface area contributed by atoms with E-state index in [0.717, 1.165) is 22.4 Å². The lowest BCUT2D eigenvalue weighted by atomic mass is 9.95. The Bertz CT molecular complexity index is 1300. The van der Waals surface area contributed by atoms with Crippen LogP contribution in [0.25, 0.3) is 5.76 Å². The largest absolute Gasteiger partial charge is 0.507 e. The maximum Gasteiger partial charge on any atom is 0.295 e. The molecular formula is C30H32N2O5. The lowest BCUT2D eigenvalue weighted by molar-refractivity contribution is -0.140. The quantitative estimate of drug-likeness (QED) is 0.261. The third kappa shape index (κ3) is 5.67. The van der Waals surface area contributed by atoms with Gasteiger partial charge in [0, 0.05) is 39.0 Å². The minimum atomic E-state index is -0.719. The van der Waals surface area contributed by atoms with Crippen molar-refractivity contribution in [1.82, 2.24) is 4.90 Å². The maximum atomic E-state index is 13.1. The molecule has 1 heterocycles. The van der Waals surface area contributed by atoms with Gasteiger partial charge in [-0.25, -0.2) is 0 Å². The molecule has 37 heavy (non-hydrogen) atoms. The fourth-order valence-electron chi connectivity index (χ4n) is 4.43. The molecule has 1 fully saturated rings. The Balaban J connectivity index is 1.64. The molecule has 1 atom stereocenters. The van der Waals surface area contributed by atoms with E-state index in [1.165, 1.54) is 4.90 Å². The van der Waals surface area contributed by atoms with Crippen molar-refractivity contribution >= 4 is 23.1 Å². The third-order valence-corrected chi connectivity index (χ3v) is 6.42. The highest BCUT2D eigenvalue weighted by atomic mass is 16.5. The molecule has 1 N–H and O–H groups in total. The van der Waals surface area contributed by atoms with Crippen LogP contribution in [-0.4, -0.2) is 56.1 Å². The van der Waals surface area contributed by atoms with Gasteiger partial charge in [-0.2, -0.15) is 0 Å². The predicted octanol–water partition coefficient (Wildman–Crippen LogP) is 4.71. The monoisotopic (exact) mass is 500 g/mol. The summed E-state index contributed by atoms with van der Waals surface area (Å²) in [4.78, 5) is 29.5. The number of hydrogen-bond acceptors (Lipinski definition) is 6. The highest BCUT2D eigenvalue weighted by Crippen LogP contribution is 2.39. The average molecular weight is 501 g/mol. The van der Waals surface area contributed by atoms with Crippen LogP contribution in [0.3, 0.4) is 0 Å². The highest BCUT2D eigenvalue weighted by Gasteiger charge is 2.45. The number of benzene rings is 3. The molecule has 0 bridgehead atoms. The van der Waals surface area contributed by atoms with E-state index in [1.807, 2.05) is 68.4 Å². The summed E-state index contributed by atoms with van der Waals surface area (Å²) in [6.07, 6.45) is 0. The van der Waals surface area contributed by atoms with Crippen LogP contribution in [0.2, 0.25) is 0 Å². The van der Waals surface area contributed by atoms with Crippen LogP contribution in [-0.2, 0) is 20.9 Å². The van der Waals surface area contributed by atoms with Crippen molar-refractivity contribution in [2.24, 2.45) is 0 Å². The average Bonchev–Trinajstić information content (AvgIpc) is 3.15. The number of rotatable bonds is 9. The van der Waals surface area contributed by atoms with Crippen molar-refractivity contribution in [2.45, 2.75) is 19.6 Å². The molecule has 3 aromatic rings. The number of methoxy groups -OCH3 is 1. The molecule has 1 amide bonds. The number of ether oxygens (including phenoxy) is 2. The minimum Gasteiger partial charge on any atom is -0.507 e. The Morgan fingerprint density at radius 3 is 2.32 bits per heavy atom. The van der Waals surface area contributed by atoms with Gasteiger partial charge in [0.05, 0.1) is 18.2 Å². The van der Waals surface area contributed by atoms with Crippen molar-refractivity contribution in [3.05, 3.63) is 101 Å². The lowest BCUT2D eigenvalue weighted by Gasteiger charge is -2.25. The molecule has 0 unspecified atom stereocenters. The maximum absolute atomic E-state index is 13.1. The van der Waals surface area contributed by atoms with Gasteiger partial charge in [0.25, 0.3) is 11.7 Å². The molecule has 0 aromatic heterocycles. The van der Waals surface area contributed by atoms with Crippen molar-refractivity contribution in [3.8, 4) is 5.75 Å². The van der Waals surface area contributed by atoms with Crippen LogP contribution in [0.15, 0.2) is 78.4 Å². The van der Waals surface area contributed by atoms with Gasteiger partial charge < -0.3 is 24.4 Å².